The largest absolute Gasteiger partial charge is 0.481 e. The number of carboxylic acids is 1. The molecular formula is C12H25NO4. The number of aliphatic hydroxyl groups excluding tert-OH is 1. The number of rotatable bonds is 9. The van der Waals surface area contributed by atoms with Gasteiger partial charge in [-0.15, -0.1) is 0 Å². The van der Waals surface area contributed by atoms with Crippen LogP contribution in [-0.2, 0) is 9.59 Å². The van der Waals surface area contributed by atoms with Crippen molar-refractivity contribution in [3.63, 3.8) is 0 Å². The van der Waals surface area contributed by atoms with E-state index in [2.05, 4.69) is 5.32 Å². The standard InChI is InChI=1S/C10H19NO4.C2H6/c12-8-4-5-9(13)11-7-3-1-2-6-10(14)15;1-2/h12H,1-8H2,(H,11,13)(H,14,15);1-2H3. The first-order valence-corrected chi connectivity index (χ1v) is 6.26. The molecule has 0 atom stereocenters. The Morgan fingerprint density at radius 3 is 2.18 bits per heavy atom. The van der Waals surface area contributed by atoms with E-state index in [4.69, 9.17) is 10.2 Å². The lowest BCUT2D eigenvalue weighted by molar-refractivity contribution is -0.137. The van der Waals surface area contributed by atoms with E-state index >= 15 is 0 Å². The molecule has 0 saturated heterocycles. The number of carbonyl (C=O) groups excluding carboxylic acids is 1. The molecule has 102 valence electrons. The molecule has 0 rings (SSSR count). The average Bonchev–Trinajstić information content (AvgIpc) is 2.33. The lowest BCUT2D eigenvalue weighted by Gasteiger charge is -2.03. The highest BCUT2D eigenvalue weighted by atomic mass is 16.4. The highest BCUT2D eigenvalue weighted by Gasteiger charge is 2.00. The van der Waals surface area contributed by atoms with Crippen LogP contribution in [-0.4, -0.2) is 35.2 Å². The van der Waals surface area contributed by atoms with Gasteiger partial charge in [0.25, 0.3) is 0 Å². The Hall–Kier alpha value is -1.10. The second-order valence-corrected chi connectivity index (χ2v) is 3.38. The van der Waals surface area contributed by atoms with E-state index in [0.29, 0.717) is 25.8 Å². The SMILES string of the molecule is CC.O=C(O)CCCCCNC(=O)CCCO. The molecule has 0 aliphatic rings. The normalized spacial score (nSPS) is 9.12. The topological polar surface area (TPSA) is 86.6 Å². The number of unbranched alkanes of at least 4 members (excludes halogenated alkanes) is 2. The molecule has 5 nitrogen and oxygen atoms in total. The first-order chi connectivity index (χ1) is 8.16. The minimum absolute atomic E-state index is 0.0338. The third-order valence-corrected chi connectivity index (χ3v) is 1.95. The van der Waals surface area contributed by atoms with Gasteiger partial charge in [-0.25, -0.2) is 0 Å². The number of hydrogen-bond donors (Lipinski definition) is 3. The number of amides is 1. The molecule has 0 spiro atoms. The Kier molecular flexibility index (Phi) is 16.0. The van der Waals surface area contributed by atoms with Crippen molar-refractivity contribution >= 4 is 11.9 Å². The molecule has 1 amide bonds. The van der Waals surface area contributed by atoms with Crippen molar-refractivity contribution in [3.8, 4) is 0 Å². The summed E-state index contributed by atoms with van der Waals surface area (Å²) < 4.78 is 0. The van der Waals surface area contributed by atoms with Crippen molar-refractivity contribution in [2.24, 2.45) is 0 Å². The van der Waals surface area contributed by atoms with Crippen LogP contribution in [0, 0.1) is 0 Å². The van der Waals surface area contributed by atoms with Gasteiger partial charge >= 0.3 is 5.97 Å². The van der Waals surface area contributed by atoms with E-state index in [9.17, 15) is 9.59 Å². The molecule has 0 aliphatic heterocycles. The van der Waals surface area contributed by atoms with Crippen LogP contribution in [0.4, 0.5) is 0 Å². The predicted molar refractivity (Wildman–Crippen MR) is 66.8 cm³/mol. The quantitative estimate of drug-likeness (QED) is 0.539. The maximum atomic E-state index is 11.0. The Morgan fingerprint density at radius 2 is 1.65 bits per heavy atom. The zero-order valence-electron chi connectivity index (χ0n) is 10.9. The molecular weight excluding hydrogens is 222 g/mol. The van der Waals surface area contributed by atoms with E-state index in [-0.39, 0.29) is 18.9 Å². The summed E-state index contributed by atoms with van der Waals surface area (Å²) >= 11 is 0. The number of carboxylic acid groups (broad SMARTS) is 1. The second-order valence-electron chi connectivity index (χ2n) is 3.38. The first kappa shape index (κ1) is 18.3. The van der Waals surface area contributed by atoms with Crippen LogP contribution >= 0.6 is 0 Å². The average molecular weight is 247 g/mol. The third kappa shape index (κ3) is 17.5. The van der Waals surface area contributed by atoms with E-state index in [0.717, 1.165) is 12.8 Å². The van der Waals surface area contributed by atoms with Crippen LogP contribution in [0.2, 0.25) is 0 Å². The molecule has 5 heteroatoms. The summed E-state index contributed by atoms with van der Waals surface area (Å²) in [5.41, 5.74) is 0. The Labute approximate surface area is 103 Å². The van der Waals surface area contributed by atoms with Crippen molar-refractivity contribution in [2.45, 2.75) is 52.4 Å². The van der Waals surface area contributed by atoms with E-state index in [1.165, 1.54) is 0 Å². The lowest BCUT2D eigenvalue weighted by Crippen LogP contribution is -2.24. The summed E-state index contributed by atoms with van der Waals surface area (Å²) in [4.78, 5) is 21.2. The van der Waals surface area contributed by atoms with E-state index in [1.807, 2.05) is 13.8 Å². The minimum Gasteiger partial charge on any atom is -0.481 e. The van der Waals surface area contributed by atoms with Gasteiger partial charge < -0.3 is 15.5 Å². The highest BCUT2D eigenvalue weighted by Crippen LogP contribution is 1.98. The molecule has 0 fully saturated rings. The molecule has 3 N–H and O–H groups in total. The Bertz CT molecular complexity index is 195. The molecule has 17 heavy (non-hydrogen) atoms. The lowest BCUT2D eigenvalue weighted by atomic mass is 10.2. The van der Waals surface area contributed by atoms with Crippen molar-refractivity contribution in [1.29, 1.82) is 0 Å². The van der Waals surface area contributed by atoms with Crippen molar-refractivity contribution in [2.75, 3.05) is 13.2 Å². The summed E-state index contributed by atoms with van der Waals surface area (Å²) in [5, 5.41) is 19.5. The van der Waals surface area contributed by atoms with Gasteiger partial charge in [0, 0.05) is 26.0 Å². The number of hydrogen-bond acceptors (Lipinski definition) is 3. The number of aliphatic carboxylic acids is 1. The van der Waals surface area contributed by atoms with Gasteiger partial charge in [-0.3, -0.25) is 9.59 Å². The Balaban J connectivity index is 0. The van der Waals surface area contributed by atoms with Crippen LogP contribution < -0.4 is 5.32 Å². The predicted octanol–water partition coefficient (Wildman–Crippen LogP) is 1.55. The third-order valence-electron chi connectivity index (χ3n) is 1.95. The maximum absolute atomic E-state index is 11.0. The molecule has 0 heterocycles. The van der Waals surface area contributed by atoms with Gasteiger partial charge in [0.1, 0.15) is 0 Å². The molecule has 0 bridgehead atoms. The summed E-state index contributed by atoms with van der Waals surface area (Å²) in [7, 11) is 0. The molecule has 0 aromatic rings. The molecule has 0 saturated carbocycles. The number of carbonyl (C=O) groups is 2. The van der Waals surface area contributed by atoms with Crippen LogP contribution in [0.5, 0.6) is 0 Å². The van der Waals surface area contributed by atoms with Gasteiger partial charge in [0.15, 0.2) is 0 Å². The molecule has 0 radical (unpaired) electrons. The van der Waals surface area contributed by atoms with Crippen molar-refractivity contribution in [3.05, 3.63) is 0 Å². The van der Waals surface area contributed by atoms with Crippen molar-refractivity contribution < 1.29 is 19.8 Å². The van der Waals surface area contributed by atoms with Crippen LogP contribution in [0.1, 0.15) is 52.4 Å². The highest BCUT2D eigenvalue weighted by molar-refractivity contribution is 5.75. The maximum Gasteiger partial charge on any atom is 0.303 e. The van der Waals surface area contributed by atoms with Gasteiger partial charge in [0.05, 0.1) is 0 Å². The fraction of sp³-hybridized carbons (Fsp3) is 0.833. The summed E-state index contributed by atoms with van der Waals surface area (Å²) in [5.74, 6) is -0.829. The van der Waals surface area contributed by atoms with Gasteiger partial charge in [-0.2, -0.15) is 0 Å². The monoisotopic (exact) mass is 247 g/mol. The number of nitrogens with one attached hydrogen (secondary N) is 1. The molecule has 0 unspecified atom stereocenters. The molecule has 0 aromatic carbocycles. The molecule has 0 aliphatic carbocycles. The summed E-state index contributed by atoms with van der Waals surface area (Å²) in [6.07, 6.45) is 3.31. The first-order valence-electron chi connectivity index (χ1n) is 6.26. The van der Waals surface area contributed by atoms with Gasteiger partial charge in [0.2, 0.25) is 5.91 Å². The van der Waals surface area contributed by atoms with E-state index < -0.39 is 5.97 Å². The number of aliphatic hydroxyl groups is 1. The minimum atomic E-state index is -0.776. The van der Waals surface area contributed by atoms with Crippen molar-refractivity contribution in [1.82, 2.24) is 5.32 Å². The smallest absolute Gasteiger partial charge is 0.303 e. The molecule has 0 aromatic heterocycles. The van der Waals surface area contributed by atoms with Crippen LogP contribution in [0.15, 0.2) is 0 Å². The summed E-state index contributed by atoms with van der Waals surface area (Å²) in [6.45, 7) is 4.62. The second kappa shape index (κ2) is 14.9. The Morgan fingerprint density at radius 1 is 1.00 bits per heavy atom. The van der Waals surface area contributed by atoms with Crippen LogP contribution in [0.3, 0.4) is 0 Å². The zero-order valence-corrected chi connectivity index (χ0v) is 10.9. The fourth-order valence-electron chi connectivity index (χ4n) is 1.13. The fourth-order valence-corrected chi connectivity index (χ4v) is 1.13. The van der Waals surface area contributed by atoms with Gasteiger partial charge in [-0.05, 0) is 19.3 Å². The van der Waals surface area contributed by atoms with Gasteiger partial charge in [-0.1, -0.05) is 20.3 Å². The zero-order chi connectivity index (χ0) is 13.5. The van der Waals surface area contributed by atoms with Crippen LogP contribution in [0.25, 0.3) is 0 Å². The summed E-state index contributed by atoms with van der Waals surface area (Å²) in [6, 6.07) is 0. The van der Waals surface area contributed by atoms with E-state index in [1.54, 1.807) is 0 Å².